The largest absolute Gasteiger partial charge is 0.417 e. The highest BCUT2D eigenvalue weighted by molar-refractivity contribution is 8.26. The molecular formula is C18H18F3N3O2S. The lowest BCUT2D eigenvalue weighted by atomic mass is 9.77. The lowest BCUT2D eigenvalue weighted by molar-refractivity contribution is -0.137. The summed E-state index contributed by atoms with van der Waals surface area (Å²) in [6.45, 7) is 0.217. The summed E-state index contributed by atoms with van der Waals surface area (Å²) in [6.07, 6.45) is -2.12. The highest BCUT2D eigenvalue weighted by Gasteiger charge is 2.70. The quantitative estimate of drug-likeness (QED) is 0.751. The van der Waals surface area contributed by atoms with E-state index in [-0.39, 0.29) is 36.4 Å². The Morgan fingerprint density at radius 3 is 2.63 bits per heavy atom. The third-order valence-corrected chi connectivity index (χ3v) is 9.39. The maximum Gasteiger partial charge on any atom is 0.417 e. The summed E-state index contributed by atoms with van der Waals surface area (Å²) < 4.78 is 62.6. The summed E-state index contributed by atoms with van der Waals surface area (Å²) >= 11 is 0. The van der Waals surface area contributed by atoms with Gasteiger partial charge < -0.3 is 0 Å². The molecule has 2 saturated carbocycles. The monoisotopic (exact) mass is 397 g/mol. The number of hydrogen-bond acceptors (Lipinski definition) is 5. The van der Waals surface area contributed by atoms with Crippen LogP contribution >= 0.6 is 10.8 Å². The van der Waals surface area contributed by atoms with Gasteiger partial charge in [-0.3, -0.25) is 13.4 Å². The summed E-state index contributed by atoms with van der Waals surface area (Å²) in [5.41, 5.74) is -1.56. The van der Waals surface area contributed by atoms with Crippen LogP contribution in [0.4, 0.5) is 18.9 Å². The van der Waals surface area contributed by atoms with Gasteiger partial charge in [0.15, 0.2) is 0 Å². The molecule has 0 aromatic heterocycles. The molecule has 1 heterocycles. The Bertz CT molecular complexity index is 876. The molecule has 1 aliphatic heterocycles. The fourth-order valence-corrected chi connectivity index (χ4v) is 8.29. The van der Waals surface area contributed by atoms with Crippen LogP contribution in [0.3, 0.4) is 0 Å². The normalized spacial score (nSPS) is 34.8. The third kappa shape index (κ3) is 2.32. The van der Waals surface area contributed by atoms with E-state index in [1.807, 2.05) is 0 Å². The van der Waals surface area contributed by atoms with Gasteiger partial charge in [-0.25, -0.2) is 0 Å². The molecule has 9 heteroatoms. The van der Waals surface area contributed by atoms with Crippen molar-refractivity contribution < 1.29 is 22.3 Å². The molecule has 2 aliphatic carbocycles. The highest BCUT2D eigenvalue weighted by atomic mass is 32.3. The van der Waals surface area contributed by atoms with Crippen LogP contribution in [-0.4, -0.2) is 20.4 Å². The first-order valence-electron chi connectivity index (χ1n) is 8.70. The topological polar surface area (TPSA) is 91.3 Å². The van der Waals surface area contributed by atoms with Crippen LogP contribution in [0, 0.1) is 40.4 Å². The standard InChI is InChI=1S/C18H18F3N3O2S/c19-18(20,21)15-8-14(4-2-12(15)9-23)24-10-16-11-1-3-13(7-11)17(16,5-6-22)27(24,25)26/h2,4,8,11,13,16,25-26H,1,3,5,7,10H2/t11-,13+,16-,17+/m0/s1. The molecule has 144 valence electrons. The van der Waals surface area contributed by atoms with Crippen molar-refractivity contribution in [2.75, 3.05) is 10.8 Å². The lowest BCUT2D eigenvalue weighted by Gasteiger charge is -2.52. The Labute approximate surface area is 156 Å². The van der Waals surface area contributed by atoms with Crippen molar-refractivity contribution in [2.45, 2.75) is 36.6 Å². The number of anilines is 1. The van der Waals surface area contributed by atoms with Gasteiger partial charge in [0, 0.05) is 12.5 Å². The summed E-state index contributed by atoms with van der Waals surface area (Å²) in [5, 5.41) is 18.3. The zero-order chi connectivity index (χ0) is 19.6. The molecule has 1 aromatic carbocycles. The number of nitrogens with zero attached hydrogens (tertiary/aromatic N) is 3. The van der Waals surface area contributed by atoms with Crippen LogP contribution in [-0.2, 0) is 6.18 Å². The van der Waals surface area contributed by atoms with Crippen molar-refractivity contribution in [1.29, 1.82) is 10.5 Å². The average Bonchev–Trinajstić information content (AvgIpc) is 3.25. The van der Waals surface area contributed by atoms with Crippen LogP contribution < -0.4 is 4.31 Å². The Kier molecular flexibility index (Phi) is 3.94. The second-order valence-electron chi connectivity index (χ2n) is 7.59. The van der Waals surface area contributed by atoms with Crippen molar-refractivity contribution in [2.24, 2.45) is 17.8 Å². The van der Waals surface area contributed by atoms with Crippen LogP contribution in [0.25, 0.3) is 0 Å². The number of alkyl halides is 3. The molecule has 0 spiro atoms. The molecule has 0 unspecified atom stereocenters. The number of rotatable bonds is 2. The van der Waals surface area contributed by atoms with Crippen LogP contribution in [0.1, 0.15) is 36.8 Å². The smallest absolute Gasteiger partial charge is 0.281 e. The summed E-state index contributed by atoms with van der Waals surface area (Å²) in [6, 6.07) is 6.82. The summed E-state index contributed by atoms with van der Waals surface area (Å²) in [5.74, 6) is 0.147. The molecular weight excluding hydrogens is 379 g/mol. The van der Waals surface area contributed by atoms with Gasteiger partial charge in [-0.1, -0.05) is 0 Å². The highest BCUT2D eigenvalue weighted by Crippen LogP contribution is 2.77. The van der Waals surface area contributed by atoms with Gasteiger partial charge in [-0.15, -0.1) is 10.8 Å². The van der Waals surface area contributed by atoms with E-state index in [1.165, 1.54) is 16.4 Å². The van der Waals surface area contributed by atoms with E-state index >= 15 is 0 Å². The number of benzene rings is 1. The van der Waals surface area contributed by atoms with Crippen LogP contribution in [0.2, 0.25) is 0 Å². The SMILES string of the molecule is N#CC[C@@]12[C@@H]3CC[C@@H](C3)[C@@H]1CN(c1ccc(C#N)c(C(F)(F)F)c1)S2(O)O. The van der Waals surface area contributed by atoms with Crippen molar-refractivity contribution >= 4 is 16.5 Å². The second-order valence-corrected chi connectivity index (χ2v) is 9.82. The number of hydrogen-bond donors (Lipinski definition) is 2. The zero-order valence-corrected chi connectivity index (χ0v) is 15.1. The van der Waals surface area contributed by atoms with Gasteiger partial charge in [-0.2, -0.15) is 23.7 Å². The van der Waals surface area contributed by atoms with Crippen LogP contribution in [0.15, 0.2) is 18.2 Å². The first kappa shape index (κ1) is 18.4. The molecule has 3 fully saturated rings. The Morgan fingerprint density at radius 2 is 2.00 bits per heavy atom. The van der Waals surface area contributed by atoms with Gasteiger partial charge in [0.05, 0.1) is 35.4 Å². The minimum absolute atomic E-state index is 0.00242. The average molecular weight is 397 g/mol. The first-order chi connectivity index (χ1) is 12.7. The van der Waals surface area contributed by atoms with E-state index in [0.29, 0.717) is 0 Å². The van der Waals surface area contributed by atoms with Crippen molar-refractivity contribution in [3.63, 3.8) is 0 Å². The third-order valence-electron chi connectivity index (χ3n) is 6.61. The Morgan fingerprint density at radius 1 is 1.26 bits per heavy atom. The molecule has 1 saturated heterocycles. The maximum absolute atomic E-state index is 13.3. The lowest BCUT2D eigenvalue weighted by Crippen LogP contribution is -2.44. The predicted molar refractivity (Wildman–Crippen MR) is 93.6 cm³/mol. The predicted octanol–water partition coefficient (Wildman–Crippen LogP) is 4.76. The minimum Gasteiger partial charge on any atom is -0.281 e. The van der Waals surface area contributed by atoms with E-state index in [1.54, 1.807) is 0 Å². The van der Waals surface area contributed by atoms with Crippen molar-refractivity contribution in [1.82, 2.24) is 0 Å². The van der Waals surface area contributed by atoms with Gasteiger partial charge >= 0.3 is 6.18 Å². The number of fused-ring (bicyclic) bond motifs is 5. The van der Waals surface area contributed by atoms with E-state index in [4.69, 9.17) is 5.26 Å². The van der Waals surface area contributed by atoms with E-state index in [9.17, 15) is 27.5 Å². The van der Waals surface area contributed by atoms with Crippen molar-refractivity contribution in [3.8, 4) is 12.1 Å². The number of nitriles is 2. The van der Waals surface area contributed by atoms with E-state index in [2.05, 4.69) is 6.07 Å². The molecule has 0 amide bonds. The molecule has 2 N–H and O–H groups in total. The molecule has 5 nitrogen and oxygen atoms in total. The first-order valence-corrected chi connectivity index (χ1v) is 10.2. The summed E-state index contributed by atoms with van der Waals surface area (Å²) in [4.78, 5) is 0. The molecule has 1 aromatic rings. The molecule has 3 aliphatic rings. The molecule has 4 atom stereocenters. The Balaban J connectivity index is 1.81. The van der Waals surface area contributed by atoms with Gasteiger partial charge in [-0.05, 0) is 49.3 Å². The van der Waals surface area contributed by atoms with Crippen molar-refractivity contribution in [3.05, 3.63) is 29.3 Å². The van der Waals surface area contributed by atoms with E-state index in [0.717, 1.165) is 31.4 Å². The molecule has 27 heavy (non-hydrogen) atoms. The summed E-state index contributed by atoms with van der Waals surface area (Å²) in [7, 11) is -3.49. The van der Waals surface area contributed by atoms with Gasteiger partial charge in [0.1, 0.15) is 4.75 Å². The van der Waals surface area contributed by atoms with E-state index < -0.39 is 32.8 Å². The number of halogens is 3. The molecule has 2 bridgehead atoms. The fourth-order valence-electron chi connectivity index (χ4n) is 5.51. The van der Waals surface area contributed by atoms with Gasteiger partial charge in [0.25, 0.3) is 0 Å². The molecule has 4 rings (SSSR count). The van der Waals surface area contributed by atoms with Gasteiger partial charge in [0.2, 0.25) is 0 Å². The minimum atomic E-state index is -4.72. The Hall–Kier alpha value is -1.94. The fraction of sp³-hybridized carbons (Fsp3) is 0.556. The van der Waals surface area contributed by atoms with Crippen LogP contribution in [0.5, 0.6) is 0 Å². The second kappa shape index (κ2) is 5.78. The molecule has 0 radical (unpaired) electrons. The maximum atomic E-state index is 13.3. The zero-order valence-electron chi connectivity index (χ0n) is 14.3.